The standard InChI is InChI=1S/C21H29N3O/c1-18-8-12-24(13-9-18)14-11-23-16-20-6-2-3-7-21(20)25-17-19-5-4-10-22-15-19/h2-7,10,15,18,23H,8-9,11-14,16-17H2,1H3. The van der Waals surface area contributed by atoms with Crippen LogP contribution in [0.5, 0.6) is 5.75 Å². The third-order valence-electron chi connectivity index (χ3n) is 4.89. The third kappa shape index (κ3) is 5.83. The van der Waals surface area contributed by atoms with Gasteiger partial charge in [0.15, 0.2) is 0 Å². The number of rotatable bonds is 8. The molecule has 2 heterocycles. The summed E-state index contributed by atoms with van der Waals surface area (Å²) in [5.41, 5.74) is 2.29. The molecule has 0 saturated carbocycles. The van der Waals surface area contributed by atoms with E-state index in [9.17, 15) is 0 Å². The molecule has 0 radical (unpaired) electrons. The number of benzene rings is 1. The van der Waals surface area contributed by atoms with Crippen LogP contribution in [-0.4, -0.2) is 36.1 Å². The molecule has 1 aliphatic rings. The molecule has 0 unspecified atom stereocenters. The van der Waals surface area contributed by atoms with Crippen molar-refractivity contribution in [3.8, 4) is 5.75 Å². The Labute approximate surface area is 151 Å². The molecule has 0 spiro atoms. The minimum atomic E-state index is 0.552. The lowest BCUT2D eigenvalue weighted by Crippen LogP contribution is -2.37. The maximum absolute atomic E-state index is 5.99. The SMILES string of the molecule is CC1CCN(CCNCc2ccccc2OCc2cccnc2)CC1. The van der Waals surface area contributed by atoms with Crippen molar-refractivity contribution in [2.45, 2.75) is 32.9 Å². The summed E-state index contributed by atoms with van der Waals surface area (Å²) in [6, 6.07) is 12.2. The van der Waals surface area contributed by atoms with Crippen molar-refractivity contribution in [3.05, 3.63) is 59.9 Å². The van der Waals surface area contributed by atoms with Crippen LogP contribution in [0, 0.1) is 5.92 Å². The molecule has 0 atom stereocenters. The number of ether oxygens (including phenoxy) is 1. The molecule has 1 fully saturated rings. The molecule has 2 aromatic rings. The molecule has 4 nitrogen and oxygen atoms in total. The summed E-state index contributed by atoms with van der Waals surface area (Å²) in [5.74, 6) is 1.85. The van der Waals surface area contributed by atoms with Crippen LogP contribution in [0.25, 0.3) is 0 Å². The molecule has 1 N–H and O–H groups in total. The fourth-order valence-electron chi connectivity index (χ4n) is 3.18. The highest BCUT2D eigenvalue weighted by molar-refractivity contribution is 5.33. The molecular formula is C21H29N3O. The first-order valence-corrected chi connectivity index (χ1v) is 9.34. The number of hydrogen-bond acceptors (Lipinski definition) is 4. The average Bonchev–Trinajstić information content (AvgIpc) is 2.66. The molecule has 4 heteroatoms. The molecule has 1 aromatic carbocycles. The molecule has 0 bridgehead atoms. The summed E-state index contributed by atoms with van der Waals surface area (Å²) in [7, 11) is 0. The number of pyridine rings is 1. The molecule has 134 valence electrons. The first-order valence-electron chi connectivity index (χ1n) is 9.34. The zero-order valence-corrected chi connectivity index (χ0v) is 15.2. The third-order valence-corrected chi connectivity index (χ3v) is 4.89. The number of hydrogen-bond donors (Lipinski definition) is 1. The molecular weight excluding hydrogens is 310 g/mol. The van der Waals surface area contributed by atoms with Crippen molar-refractivity contribution in [2.24, 2.45) is 5.92 Å². The van der Waals surface area contributed by atoms with E-state index in [-0.39, 0.29) is 0 Å². The fourth-order valence-corrected chi connectivity index (χ4v) is 3.18. The molecule has 3 rings (SSSR count). The van der Waals surface area contributed by atoms with Crippen LogP contribution in [-0.2, 0) is 13.2 Å². The van der Waals surface area contributed by atoms with Crippen molar-refractivity contribution < 1.29 is 4.74 Å². The van der Waals surface area contributed by atoms with Crippen molar-refractivity contribution >= 4 is 0 Å². The van der Waals surface area contributed by atoms with E-state index < -0.39 is 0 Å². The second kappa shape index (κ2) is 9.54. The van der Waals surface area contributed by atoms with Gasteiger partial charge >= 0.3 is 0 Å². The van der Waals surface area contributed by atoms with E-state index in [1.54, 1.807) is 6.20 Å². The number of aromatic nitrogens is 1. The molecule has 0 aliphatic carbocycles. The largest absolute Gasteiger partial charge is 0.489 e. The van der Waals surface area contributed by atoms with Gasteiger partial charge in [-0.25, -0.2) is 0 Å². The van der Waals surface area contributed by atoms with E-state index in [4.69, 9.17) is 4.74 Å². The summed E-state index contributed by atoms with van der Waals surface area (Å²) >= 11 is 0. The predicted octanol–water partition coefficient (Wildman–Crippen LogP) is 3.48. The van der Waals surface area contributed by atoms with Crippen LogP contribution in [0.4, 0.5) is 0 Å². The van der Waals surface area contributed by atoms with Crippen molar-refractivity contribution in [3.63, 3.8) is 0 Å². The first kappa shape index (κ1) is 17.9. The van der Waals surface area contributed by atoms with Crippen LogP contribution < -0.4 is 10.1 Å². The van der Waals surface area contributed by atoms with Crippen molar-refractivity contribution in [1.29, 1.82) is 0 Å². The van der Waals surface area contributed by atoms with E-state index in [1.807, 2.05) is 30.5 Å². The molecule has 0 amide bonds. The first-order chi connectivity index (χ1) is 12.3. The molecule has 1 aliphatic heterocycles. The van der Waals surface area contributed by atoms with Gasteiger partial charge < -0.3 is 15.0 Å². The average molecular weight is 339 g/mol. The summed E-state index contributed by atoms with van der Waals surface area (Å²) < 4.78 is 5.99. The zero-order valence-electron chi connectivity index (χ0n) is 15.2. The highest BCUT2D eigenvalue weighted by Crippen LogP contribution is 2.19. The quantitative estimate of drug-likeness (QED) is 0.747. The van der Waals surface area contributed by atoms with Gasteiger partial charge in [0.2, 0.25) is 0 Å². The van der Waals surface area contributed by atoms with Gasteiger partial charge in [-0.05, 0) is 44.0 Å². The lowest BCUT2D eigenvalue weighted by Gasteiger charge is -2.30. The summed E-state index contributed by atoms with van der Waals surface area (Å²) in [5, 5.41) is 3.56. The fraction of sp³-hybridized carbons (Fsp3) is 0.476. The normalized spacial score (nSPS) is 16.0. The second-order valence-corrected chi connectivity index (χ2v) is 6.96. The number of nitrogens with one attached hydrogen (secondary N) is 1. The zero-order chi connectivity index (χ0) is 17.3. The lowest BCUT2D eigenvalue weighted by atomic mass is 9.99. The van der Waals surface area contributed by atoms with Crippen molar-refractivity contribution in [1.82, 2.24) is 15.2 Å². The van der Waals surface area contributed by atoms with Gasteiger partial charge in [0.05, 0.1) is 0 Å². The van der Waals surface area contributed by atoms with Crippen LogP contribution >= 0.6 is 0 Å². The maximum Gasteiger partial charge on any atom is 0.124 e. The van der Waals surface area contributed by atoms with Gasteiger partial charge in [-0.1, -0.05) is 31.2 Å². The Balaban J connectivity index is 1.43. The van der Waals surface area contributed by atoms with Crippen LogP contribution in [0.1, 0.15) is 30.9 Å². The Bertz CT molecular complexity index is 624. The second-order valence-electron chi connectivity index (χ2n) is 6.96. The van der Waals surface area contributed by atoms with Gasteiger partial charge in [-0.3, -0.25) is 4.98 Å². The summed E-state index contributed by atoms with van der Waals surface area (Å²) in [4.78, 5) is 6.70. The van der Waals surface area contributed by atoms with E-state index >= 15 is 0 Å². The smallest absolute Gasteiger partial charge is 0.124 e. The number of para-hydroxylation sites is 1. The summed E-state index contributed by atoms with van der Waals surface area (Å²) in [6.45, 7) is 8.39. The predicted molar refractivity (Wildman–Crippen MR) is 102 cm³/mol. The topological polar surface area (TPSA) is 37.4 Å². The van der Waals surface area contributed by atoms with E-state index in [2.05, 4.69) is 34.3 Å². The number of likely N-dealkylation sites (tertiary alicyclic amines) is 1. The molecule has 1 aromatic heterocycles. The Morgan fingerprint density at radius 3 is 2.80 bits per heavy atom. The van der Waals surface area contributed by atoms with Crippen LogP contribution in [0.2, 0.25) is 0 Å². The van der Waals surface area contributed by atoms with Gasteiger partial charge in [-0.2, -0.15) is 0 Å². The molecule has 1 saturated heterocycles. The number of piperidine rings is 1. The van der Waals surface area contributed by atoms with E-state index in [1.165, 1.54) is 31.5 Å². The monoisotopic (exact) mass is 339 g/mol. The Hall–Kier alpha value is -1.91. The Kier molecular flexibility index (Phi) is 6.83. The van der Waals surface area contributed by atoms with Gasteiger partial charge in [-0.15, -0.1) is 0 Å². The Morgan fingerprint density at radius 2 is 2.00 bits per heavy atom. The Morgan fingerprint density at radius 1 is 1.16 bits per heavy atom. The minimum Gasteiger partial charge on any atom is -0.489 e. The number of nitrogens with zero attached hydrogens (tertiary/aromatic N) is 2. The summed E-state index contributed by atoms with van der Waals surface area (Å²) in [6.07, 6.45) is 6.31. The molecule has 25 heavy (non-hydrogen) atoms. The minimum absolute atomic E-state index is 0.552. The lowest BCUT2D eigenvalue weighted by molar-refractivity contribution is 0.193. The van der Waals surface area contributed by atoms with Crippen molar-refractivity contribution in [2.75, 3.05) is 26.2 Å². The van der Waals surface area contributed by atoms with Gasteiger partial charge in [0.25, 0.3) is 0 Å². The van der Waals surface area contributed by atoms with Gasteiger partial charge in [0.1, 0.15) is 12.4 Å². The maximum atomic E-state index is 5.99. The van der Waals surface area contributed by atoms with Crippen LogP contribution in [0.15, 0.2) is 48.8 Å². The highest BCUT2D eigenvalue weighted by Gasteiger charge is 2.14. The van der Waals surface area contributed by atoms with Crippen LogP contribution in [0.3, 0.4) is 0 Å². The van der Waals surface area contributed by atoms with Gasteiger partial charge in [0, 0.05) is 43.2 Å². The van der Waals surface area contributed by atoms with E-state index in [0.717, 1.165) is 36.9 Å². The highest BCUT2D eigenvalue weighted by atomic mass is 16.5. The van der Waals surface area contributed by atoms with E-state index in [0.29, 0.717) is 6.61 Å².